The first-order valence-corrected chi connectivity index (χ1v) is 7.02. The van der Waals surface area contributed by atoms with Crippen molar-refractivity contribution in [3.05, 3.63) is 27.3 Å². The van der Waals surface area contributed by atoms with Crippen molar-refractivity contribution in [2.45, 2.75) is 19.8 Å². The molecule has 2 rings (SSSR count). The molecule has 17 heavy (non-hydrogen) atoms. The van der Waals surface area contributed by atoms with Crippen molar-refractivity contribution >= 4 is 34.2 Å². The summed E-state index contributed by atoms with van der Waals surface area (Å²) in [4.78, 5) is 12.1. The minimum Gasteiger partial charge on any atom is -0.326 e. The summed E-state index contributed by atoms with van der Waals surface area (Å²) >= 11 is 2.28. The minimum atomic E-state index is 0.162. The molecule has 0 radical (unpaired) electrons. The fourth-order valence-electron chi connectivity index (χ4n) is 2.09. The second-order valence-corrected chi connectivity index (χ2v) is 5.72. The van der Waals surface area contributed by atoms with Crippen molar-refractivity contribution < 1.29 is 4.79 Å². The van der Waals surface area contributed by atoms with E-state index < -0.39 is 0 Å². The van der Waals surface area contributed by atoms with Crippen LogP contribution in [0.2, 0.25) is 0 Å². The first kappa shape index (κ1) is 12.8. The first-order valence-electron chi connectivity index (χ1n) is 5.94. The van der Waals surface area contributed by atoms with Gasteiger partial charge in [-0.05, 0) is 79.2 Å². The Labute approximate surface area is 116 Å². The standard InChI is InChI=1S/C13H17IN2O/c1-9-8-11(14)2-3-12(9)16-13(17)10-4-6-15-7-5-10/h2-3,8,10,15H,4-7H2,1H3,(H,16,17). The first-order chi connectivity index (χ1) is 8.16. The van der Waals surface area contributed by atoms with Crippen LogP contribution in [0.3, 0.4) is 0 Å². The number of carbonyl (C=O) groups excluding carboxylic acids is 1. The molecule has 1 aromatic rings. The highest BCUT2D eigenvalue weighted by Gasteiger charge is 2.21. The van der Waals surface area contributed by atoms with Gasteiger partial charge in [-0.1, -0.05) is 0 Å². The van der Waals surface area contributed by atoms with E-state index in [1.165, 1.54) is 3.57 Å². The van der Waals surface area contributed by atoms with Gasteiger partial charge in [-0.3, -0.25) is 4.79 Å². The molecule has 0 aliphatic carbocycles. The number of hydrogen-bond acceptors (Lipinski definition) is 2. The zero-order valence-electron chi connectivity index (χ0n) is 9.92. The van der Waals surface area contributed by atoms with Crippen LogP contribution in [0.25, 0.3) is 0 Å². The summed E-state index contributed by atoms with van der Waals surface area (Å²) in [5.74, 6) is 0.325. The summed E-state index contributed by atoms with van der Waals surface area (Å²) in [6.45, 7) is 3.92. The average Bonchev–Trinajstić information content (AvgIpc) is 2.34. The van der Waals surface area contributed by atoms with Crippen LogP contribution in [-0.2, 0) is 4.79 Å². The third-order valence-electron chi connectivity index (χ3n) is 3.16. The van der Waals surface area contributed by atoms with E-state index in [-0.39, 0.29) is 11.8 Å². The van der Waals surface area contributed by atoms with Gasteiger partial charge in [-0.25, -0.2) is 0 Å². The van der Waals surface area contributed by atoms with Crippen molar-refractivity contribution in [3.63, 3.8) is 0 Å². The van der Waals surface area contributed by atoms with Crippen molar-refractivity contribution in [1.82, 2.24) is 5.32 Å². The van der Waals surface area contributed by atoms with Gasteiger partial charge >= 0.3 is 0 Å². The molecule has 1 fully saturated rings. The zero-order chi connectivity index (χ0) is 12.3. The van der Waals surface area contributed by atoms with Crippen LogP contribution in [0.15, 0.2) is 18.2 Å². The van der Waals surface area contributed by atoms with Crippen molar-refractivity contribution in [2.24, 2.45) is 5.92 Å². The number of halogens is 1. The number of hydrogen-bond donors (Lipinski definition) is 2. The summed E-state index contributed by atoms with van der Waals surface area (Å²) in [5, 5.41) is 6.31. The predicted octanol–water partition coefficient (Wildman–Crippen LogP) is 2.54. The molecule has 3 nitrogen and oxygen atoms in total. The Hall–Kier alpha value is -0.620. The highest BCUT2D eigenvalue weighted by atomic mass is 127. The van der Waals surface area contributed by atoms with Crippen molar-refractivity contribution in [3.8, 4) is 0 Å². The molecule has 0 aromatic heterocycles. The molecule has 1 heterocycles. The van der Waals surface area contributed by atoms with Crippen LogP contribution in [0.4, 0.5) is 5.69 Å². The lowest BCUT2D eigenvalue weighted by atomic mass is 9.97. The zero-order valence-corrected chi connectivity index (χ0v) is 12.1. The van der Waals surface area contributed by atoms with Crippen LogP contribution >= 0.6 is 22.6 Å². The van der Waals surface area contributed by atoms with E-state index in [1.807, 2.05) is 19.1 Å². The summed E-state index contributed by atoms with van der Waals surface area (Å²) in [6, 6.07) is 6.08. The fraction of sp³-hybridized carbons (Fsp3) is 0.462. The van der Waals surface area contributed by atoms with Crippen LogP contribution in [-0.4, -0.2) is 19.0 Å². The van der Waals surface area contributed by atoms with E-state index in [0.29, 0.717) is 0 Å². The normalized spacial score (nSPS) is 16.8. The molecule has 0 saturated carbocycles. The smallest absolute Gasteiger partial charge is 0.227 e. The largest absolute Gasteiger partial charge is 0.326 e. The Morgan fingerprint density at radius 2 is 2.12 bits per heavy atom. The molecule has 1 amide bonds. The number of benzene rings is 1. The Kier molecular flexibility index (Phi) is 4.39. The van der Waals surface area contributed by atoms with E-state index in [4.69, 9.17) is 0 Å². The maximum atomic E-state index is 12.1. The number of nitrogens with one attached hydrogen (secondary N) is 2. The lowest BCUT2D eigenvalue weighted by Gasteiger charge is -2.22. The van der Waals surface area contributed by atoms with Gasteiger partial charge < -0.3 is 10.6 Å². The van der Waals surface area contributed by atoms with Crippen LogP contribution < -0.4 is 10.6 Å². The predicted molar refractivity (Wildman–Crippen MR) is 78.1 cm³/mol. The topological polar surface area (TPSA) is 41.1 Å². The van der Waals surface area contributed by atoms with Crippen LogP contribution in [0.5, 0.6) is 0 Å². The SMILES string of the molecule is Cc1cc(I)ccc1NC(=O)C1CCNCC1. The Morgan fingerprint density at radius 1 is 1.41 bits per heavy atom. The number of amides is 1. The summed E-state index contributed by atoms with van der Waals surface area (Å²) < 4.78 is 1.19. The molecule has 1 saturated heterocycles. The van der Waals surface area contributed by atoms with Crippen LogP contribution in [0, 0.1) is 16.4 Å². The van der Waals surface area contributed by atoms with Crippen molar-refractivity contribution in [1.29, 1.82) is 0 Å². The van der Waals surface area contributed by atoms with Gasteiger partial charge in [0.25, 0.3) is 0 Å². The molecule has 0 atom stereocenters. The second kappa shape index (κ2) is 5.82. The highest BCUT2D eigenvalue weighted by Crippen LogP contribution is 2.20. The molecule has 1 aromatic carbocycles. The van der Waals surface area contributed by atoms with E-state index in [0.717, 1.165) is 37.2 Å². The molecule has 2 N–H and O–H groups in total. The third kappa shape index (κ3) is 3.42. The molecule has 0 bridgehead atoms. The van der Waals surface area contributed by atoms with Gasteiger partial charge in [-0.15, -0.1) is 0 Å². The molecular formula is C13H17IN2O. The van der Waals surface area contributed by atoms with Gasteiger partial charge in [-0.2, -0.15) is 0 Å². The summed E-state index contributed by atoms with van der Waals surface area (Å²) in [6.07, 6.45) is 1.88. The molecule has 1 aliphatic rings. The summed E-state index contributed by atoms with van der Waals surface area (Å²) in [5.41, 5.74) is 2.06. The van der Waals surface area contributed by atoms with Gasteiger partial charge in [0.15, 0.2) is 0 Å². The average molecular weight is 344 g/mol. The molecule has 0 unspecified atom stereocenters. The second-order valence-electron chi connectivity index (χ2n) is 4.47. The third-order valence-corrected chi connectivity index (χ3v) is 3.83. The number of anilines is 1. The maximum absolute atomic E-state index is 12.1. The van der Waals surface area contributed by atoms with Crippen molar-refractivity contribution in [2.75, 3.05) is 18.4 Å². The monoisotopic (exact) mass is 344 g/mol. The van der Waals surface area contributed by atoms with E-state index in [2.05, 4.69) is 39.3 Å². The van der Waals surface area contributed by atoms with E-state index in [9.17, 15) is 4.79 Å². The molecular weight excluding hydrogens is 327 g/mol. The minimum absolute atomic E-state index is 0.162. The Morgan fingerprint density at radius 3 is 2.76 bits per heavy atom. The molecule has 4 heteroatoms. The molecule has 1 aliphatic heterocycles. The van der Waals surface area contributed by atoms with Gasteiger partial charge in [0, 0.05) is 15.2 Å². The van der Waals surface area contributed by atoms with Gasteiger partial charge in [0.05, 0.1) is 0 Å². The Balaban J connectivity index is 2.02. The highest BCUT2D eigenvalue weighted by molar-refractivity contribution is 14.1. The lowest BCUT2D eigenvalue weighted by molar-refractivity contribution is -0.120. The number of rotatable bonds is 2. The number of carbonyl (C=O) groups is 1. The fourth-order valence-corrected chi connectivity index (χ4v) is 2.73. The number of piperidine rings is 1. The van der Waals surface area contributed by atoms with E-state index in [1.54, 1.807) is 0 Å². The lowest BCUT2D eigenvalue weighted by Crippen LogP contribution is -2.34. The van der Waals surface area contributed by atoms with Gasteiger partial charge in [0.1, 0.15) is 0 Å². The maximum Gasteiger partial charge on any atom is 0.227 e. The summed E-state index contributed by atoms with van der Waals surface area (Å²) in [7, 11) is 0. The Bertz CT molecular complexity index is 414. The van der Waals surface area contributed by atoms with Crippen LogP contribution in [0.1, 0.15) is 18.4 Å². The van der Waals surface area contributed by atoms with E-state index >= 15 is 0 Å². The molecule has 92 valence electrons. The van der Waals surface area contributed by atoms with Gasteiger partial charge in [0.2, 0.25) is 5.91 Å². The number of aryl methyl sites for hydroxylation is 1. The molecule has 0 spiro atoms. The quantitative estimate of drug-likeness (QED) is 0.810.